The highest BCUT2D eigenvalue weighted by atomic mass is 15.3. The van der Waals surface area contributed by atoms with Crippen molar-refractivity contribution in [2.45, 2.75) is 0 Å². The highest BCUT2D eigenvalue weighted by Crippen LogP contribution is 2.41. The summed E-state index contributed by atoms with van der Waals surface area (Å²) in [5.41, 5.74) is 14.6. The van der Waals surface area contributed by atoms with Crippen molar-refractivity contribution in [2.75, 3.05) is 14.7 Å². The number of aromatic nitrogens is 6. The van der Waals surface area contributed by atoms with Crippen molar-refractivity contribution in [1.82, 2.24) is 28.2 Å². The van der Waals surface area contributed by atoms with Crippen LogP contribution in [0.5, 0.6) is 0 Å². The van der Waals surface area contributed by atoms with Crippen LogP contribution >= 0.6 is 0 Å². The predicted molar refractivity (Wildman–Crippen MR) is 269 cm³/mol. The molecule has 312 valence electrons. The Bertz CT molecular complexity index is 3310. The second-order valence-corrected chi connectivity index (χ2v) is 16.3. The number of hydrogen-bond donors (Lipinski definition) is 0. The zero-order valence-corrected chi connectivity index (χ0v) is 35.5. The minimum atomic E-state index is 0.715. The van der Waals surface area contributed by atoms with Gasteiger partial charge in [-0.1, -0.05) is 109 Å². The largest absolute Gasteiger partial charge is 0.310 e. The molecule has 4 heterocycles. The van der Waals surface area contributed by atoms with E-state index < -0.39 is 0 Å². The van der Waals surface area contributed by atoms with Gasteiger partial charge in [0.05, 0.1) is 33.1 Å². The van der Waals surface area contributed by atoms with Crippen LogP contribution in [0.25, 0.3) is 50.4 Å². The van der Waals surface area contributed by atoms with E-state index in [0.717, 1.165) is 84.3 Å². The van der Waals surface area contributed by atoms with Crippen LogP contribution in [0.2, 0.25) is 0 Å². The molecule has 0 spiro atoms. The standard InChI is InChI=1S/C57H39N9/c1-7-19-40(20-8-1)61(41-21-9-2-10-22-41)46-31-34-49-52(37-46)64-55(58-49)65-54-39-48(63(44-27-15-5-16-28-44)45-29-17-6-18-30-45)33-36-51(54)60-57(65)66-53-38-47(32-35-50(53)59-56(64)66)62(42-23-11-3-12-24-42)43-25-13-4-14-26-43/h1-39H. The van der Waals surface area contributed by atoms with Crippen LogP contribution in [-0.4, -0.2) is 28.2 Å². The molecule has 9 nitrogen and oxygen atoms in total. The molecule has 0 aliphatic heterocycles. The molecule has 0 N–H and O–H groups in total. The van der Waals surface area contributed by atoms with Gasteiger partial charge in [-0.3, -0.25) is 0 Å². The average molecular weight is 850 g/mol. The molecular formula is C57H39N9. The van der Waals surface area contributed by atoms with Gasteiger partial charge in [-0.05, 0) is 127 Å². The van der Waals surface area contributed by atoms with Gasteiger partial charge in [0.25, 0.3) is 0 Å². The van der Waals surface area contributed by atoms with E-state index in [1.165, 1.54) is 0 Å². The SMILES string of the molecule is c1ccc(N(c2ccccc2)c2ccc3nc4n(c3c2)c2nc3ccc(N(c5ccccc5)c5ccccc5)cc3n2c2nc3ccc(N(c5ccccc5)c5ccccc5)cc3n42)cc1. The molecule has 0 amide bonds. The summed E-state index contributed by atoms with van der Waals surface area (Å²) in [5.74, 6) is 2.14. The Morgan fingerprint density at radius 3 is 0.652 bits per heavy atom. The number of rotatable bonds is 9. The first-order valence-corrected chi connectivity index (χ1v) is 22.0. The maximum Gasteiger partial charge on any atom is 0.225 e. The monoisotopic (exact) mass is 849 g/mol. The van der Waals surface area contributed by atoms with Gasteiger partial charge in [0, 0.05) is 51.2 Å². The molecule has 13 rings (SSSR count). The van der Waals surface area contributed by atoms with E-state index >= 15 is 0 Å². The highest BCUT2D eigenvalue weighted by molar-refractivity contribution is 5.96. The molecule has 0 aliphatic rings. The van der Waals surface area contributed by atoms with Crippen LogP contribution in [0.1, 0.15) is 0 Å². The Kier molecular flexibility index (Phi) is 8.63. The van der Waals surface area contributed by atoms with E-state index in [2.05, 4.69) is 264 Å². The van der Waals surface area contributed by atoms with Gasteiger partial charge in [-0.2, -0.15) is 0 Å². The third-order valence-electron chi connectivity index (χ3n) is 12.3. The van der Waals surface area contributed by atoms with Crippen LogP contribution in [0.3, 0.4) is 0 Å². The van der Waals surface area contributed by atoms with E-state index in [1.54, 1.807) is 0 Å². The van der Waals surface area contributed by atoms with Gasteiger partial charge in [-0.25, -0.2) is 28.2 Å². The van der Waals surface area contributed by atoms with E-state index in [0.29, 0.717) is 17.3 Å². The summed E-state index contributed by atoms with van der Waals surface area (Å²) in [5, 5.41) is 0. The number of nitrogens with zero attached hydrogens (tertiary/aromatic N) is 9. The second kappa shape index (κ2) is 15.3. The predicted octanol–water partition coefficient (Wildman–Crippen LogP) is 14.5. The van der Waals surface area contributed by atoms with Crippen molar-refractivity contribution in [3.05, 3.63) is 237 Å². The van der Waals surface area contributed by atoms with E-state index in [-0.39, 0.29) is 0 Å². The Morgan fingerprint density at radius 2 is 0.439 bits per heavy atom. The molecule has 0 bridgehead atoms. The highest BCUT2D eigenvalue weighted by Gasteiger charge is 2.24. The molecular weight excluding hydrogens is 811 g/mol. The summed E-state index contributed by atoms with van der Waals surface area (Å²) in [6, 6.07) is 82.5. The van der Waals surface area contributed by atoms with Crippen molar-refractivity contribution in [3.63, 3.8) is 0 Å². The maximum atomic E-state index is 5.44. The van der Waals surface area contributed by atoms with E-state index in [1.807, 2.05) is 0 Å². The zero-order valence-electron chi connectivity index (χ0n) is 35.5. The van der Waals surface area contributed by atoms with Crippen molar-refractivity contribution in [3.8, 4) is 0 Å². The first-order chi connectivity index (χ1) is 32.7. The van der Waals surface area contributed by atoms with E-state index in [9.17, 15) is 0 Å². The normalized spacial score (nSPS) is 11.6. The smallest absolute Gasteiger partial charge is 0.225 e. The van der Waals surface area contributed by atoms with Crippen LogP contribution in [0.4, 0.5) is 51.2 Å². The quantitative estimate of drug-likeness (QED) is 0.144. The minimum Gasteiger partial charge on any atom is -0.310 e. The first-order valence-electron chi connectivity index (χ1n) is 22.0. The van der Waals surface area contributed by atoms with Gasteiger partial charge >= 0.3 is 0 Å². The molecule has 0 radical (unpaired) electrons. The number of benzene rings is 9. The number of anilines is 9. The number of hydrogen-bond acceptors (Lipinski definition) is 6. The van der Waals surface area contributed by atoms with Crippen LogP contribution < -0.4 is 14.7 Å². The first kappa shape index (κ1) is 37.4. The summed E-state index contributed by atoms with van der Waals surface area (Å²) in [4.78, 5) is 23.2. The summed E-state index contributed by atoms with van der Waals surface area (Å²) in [6.45, 7) is 0. The fourth-order valence-corrected chi connectivity index (χ4v) is 9.42. The molecule has 9 aromatic carbocycles. The van der Waals surface area contributed by atoms with E-state index in [4.69, 9.17) is 15.0 Å². The second-order valence-electron chi connectivity index (χ2n) is 16.3. The topological polar surface area (TPSA) is 61.6 Å². The lowest BCUT2D eigenvalue weighted by atomic mass is 10.2. The summed E-state index contributed by atoms with van der Waals surface area (Å²) in [7, 11) is 0. The Labute approximate surface area is 379 Å². The molecule has 0 unspecified atom stereocenters. The number of para-hydroxylation sites is 6. The van der Waals surface area contributed by atoms with Gasteiger partial charge < -0.3 is 14.7 Å². The van der Waals surface area contributed by atoms with Crippen molar-refractivity contribution >= 4 is 102 Å². The van der Waals surface area contributed by atoms with Crippen molar-refractivity contribution < 1.29 is 0 Å². The lowest BCUT2D eigenvalue weighted by Crippen LogP contribution is -2.10. The Hall–Kier alpha value is -9.21. The lowest BCUT2D eigenvalue weighted by Gasteiger charge is -2.25. The lowest BCUT2D eigenvalue weighted by molar-refractivity contribution is 1.01. The number of imidazole rings is 3. The molecule has 0 aliphatic carbocycles. The molecule has 66 heavy (non-hydrogen) atoms. The molecule has 4 aromatic heterocycles. The molecule has 0 saturated carbocycles. The molecule has 0 saturated heterocycles. The summed E-state index contributed by atoms with van der Waals surface area (Å²) < 4.78 is 6.60. The molecule has 9 heteroatoms. The minimum absolute atomic E-state index is 0.715. The fourth-order valence-electron chi connectivity index (χ4n) is 9.42. The van der Waals surface area contributed by atoms with Crippen LogP contribution in [-0.2, 0) is 0 Å². The van der Waals surface area contributed by atoms with Gasteiger partial charge in [0.1, 0.15) is 0 Å². The Morgan fingerprint density at radius 1 is 0.227 bits per heavy atom. The fraction of sp³-hybridized carbons (Fsp3) is 0. The maximum absolute atomic E-state index is 5.44. The summed E-state index contributed by atoms with van der Waals surface area (Å²) >= 11 is 0. The molecule has 13 aromatic rings. The third kappa shape index (κ3) is 6.06. The van der Waals surface area contributed by atoms with Gasteiger partial charge in [0.2, 0.25) is 17.3 Å². The molecule has 0 atom stereocenters. The van der Waals surface area contributed by atoms with Gasteiger partial charge in [-0.15, -0.1) is 0 Å². The number of fused-ring (bicyclic) bond motifs is 12. The van der Waals surface area contributed by atoms with Crippen LogP contribution in [0, 0.1) is 0 Å². The van der Waals surface area contributed by atoms with Crippen molar-refractivity contribution in [1.29, 1.82) is 0 Å². The van der Waals surface area contributed by atoms with Crippen molar-refractivity contribution in [2.24, 2.45) is 0 Å². The molecule has 0 fully saturated rings. The van der Waals surface area contributed by atoms with Crippen LogP contribution in [0.15, 0.2) is 237 Å². The average Bonchev–Trinajstić information content (AvgIpc) is 4.07. The Balaban J connectivity index is 1.12. The zero-order chi connectivity index (χ0) is 43.6. The third-order valence-corrected chi connectivity index (χ3v) is 12.3. The van der Waals surface area contributed by atoms with Gasteiger partial charge in [0.15, 0.2) is 0 Å². The summed E-state index contributed by atoms with van der Waals surface area (Å²) in [6.07, 6.45) is 0.